The molecular weight excluding hydrogens is 459 g/mol. The molecular formula is C22H22Cl2N2O2S2. The SMILES string of the molecule is Cc1cccc(Cc2csc(N3CCC(S(=O)(=O)c4cccc(Cl)c4Cl)CC3)n2)c1. The summed E-state index contributed by atoms with van der Waals surface area (Å²) in [5.74, 6) is 0. The third-order valence-electron chi connectivity index (χ3n) is 5.38. The van der Waals surface area contributed by atoms with E-state index in [4.69, 9.17) is 28.2 Å². The van der Waals surface area contributed by atoms with Gasteiger partial charge in [-0.15, -0.1) is 11.3 Å². The second kappa shape index (κ2) is 8.87. The largest absolute Gasteiger partial charge is 0.348 e. The molecule has 0 amide bonds. The van der Waals surface area contributed by atoms with Gasteiger partial charge in [0.05, 0.1) is 25.9 Å². The molecule has 1 fully saturated rings. The Morgan fingerprint density at radius 2 is 1.87 bits per heavy atom. The molecule has 8 heteroatoms. The lowest BCUT2D eigenvalue weighted by Crippen LogP contribution is -2.39. The Kier molecular flexibility index (Phi) is 6.39. The van der Waals surface area contributed by atoms with E-state index in [-0.39, 0.29) is 14.9 Å². The van der Waals surface area contributed by atoms with Gasteiger partial charge in [0.2, 0.25) is 0 Å². The van der Waals surface area contributed by atoms with E-state index in [1.807, 2.05) is 0 Å². The molecule has 2 heterocycles. The van der Waals surface area contributed by atoms with Crippen LogP contribution >= 0.6 is 34.5 Å². The number of benzene rings is 2. The van der Waals surface area contributed by atoms with Crippen LogP contribution in [0.25, 0.3) is 0 Å². The Hall–Kier alpha value is -1.60. The number of sulfone groups is 1. The zero-order chi connectivity index (χ0) is 21.3. The Morgan fingerprint density at radius 3 is 2.60 bits per heavy atom. The van der Waals surface area contributed by atoms with Crippen LogP contribution in [-0.4, -0.2) is 31.7 Å². The summed E-state index contributed by atoms with van der Waals surface area (Å²) in [6.45, 7) is 3.39. The van der Waals surface area contributed by atoms with Crippen LogP contribution in [0.5, 0.6) is 0 Å². The van der Waals surface area contributed by atoms with Crippen molar-refractivity contribution in [3.05, 3.63) is 74.7 Å². The lowest BCUT2D eigenvalue weighted by Gasteiger charge is -2.31. The Bertz CT molecular complexity index is 1150. The van der Waals surface area contributed by atoms with Crippen molar-refractivity contribution in [1.29, 1.82) is 0 Å². The molecule has 0 saturated carbocycles. The minimum Gasteiger partial charge on any atom is -0.348 e. The lowest BCUT2D eigenvalue weighted by molar-refractivity contribution is 0.529. The summed E-state index contributed by atoms with van der Waals surface area (Å²) in [6.07, 6.45) is 1.88. The van der Waals surface area contributed by atoms with E-state index in [1.54, 1.807) is 23.5 Å². The summed E-state index contributed by atoms with van der Waals surface area (Å²) < 4.78 is 26.1. The molecule has 158 valence electrons. The van der Waals surface area contributed by atoms with Crippen LogP contribution < -0.4 is 4.90 Å². The Morgan fingerprint density at radius 1 is 1.13 bits per heavy atom. The summed E-state index contributed by atoms with van der Waals surface area (Å²) in [6, 6.07) is 13.2. The van der Waals surface area contributed by atoms with Crippen molar-refractivity contribution in [2.45, 2.75) is 36.3 Å². The van der Waals surface area contributed by atoms with Crippen molar-refractivity contribution in [2.75, 3.05) is 18.0 Å². The molecule has 0 spiro atoms. The molecule has 1 aliphatic heterocycles. The van der Waals surface area contributed by atoms with Crippen LogP contribution in [0.1, 0.15) is 29.7 Å². The smallest absolute Gasteiger partial charge is 0.185 e. The van der Waals surface area contributed by atoms with Gasteiger partial charge in [-0.05, 0) is 37.5 Å². The normalized spacial score (nSPS) is 15.5. The average molecular weight is 481 g/mol. The fraction of sp³-hybridized carbons (Fsp3) is 0.318. The topological polar surface area (TPSA) is 50.3 Å². The standard InChI is InChI=1S/C22H22Cl2N2O2S2/c1-15-4-2-5-16(12-15)13-17-14-29-22(25-17)26-10-8-18(9-11-26)30(27,28)20-7-3-6-19(23)21(20)24/h2-7,12,14,18H,8-11,13H2,1H3. The van der Waals surface area contributed by atoms with E-state index in [0.717, 1.165) is 17.2 Å². The number of aromatic nitrogens is 1. The van der Waals surface area contributed by atoms with E-state index in [0.29, 0.717) is 25.9 Å². The second-order valence-electron chi connectivity index (χ2n) is 7.57. The maximum atomic E-state index is 13.1. The summed E-state index contributed by atoms with van der Waals surface area (Å²) in [5, 5.41) is 2.96. The highest BCUT2D eigenvalue weighted by Crippen LogP contribution is 2.35. The number of nitrogens with zero attached hydrogens (tertiary/aromatic N) is 2. The van der Waals surface area contributed by atoms with Crippen molar-refractivity contribution in [2.24, 2.45) is 0 Å². The predicted molar refractivity (Wildman–Crippen MR) is 125 cm³/mol. The van der Waals surface area contributed by atoms with Crippen molar-refractivity contribution in [1.82, 2.24) is 4.98 Å². The number of piperidine rings is 1. The van der Waals surface area contributed by atoms with E-state index < -0.39 is 15.1 Å². The highest BCUT2D eigenvalue weighted by molar-refractivity contribution is 7.92. The van der Waals surface area contributed by atoms with Crippen molar-refractivity contribution in [3.63, 3.8) is 0 Å². The van der Waals surface area contributed by atoms with Crippen LogP contribution in [-0.2, 0) is 16.3 Å². The molecule has 0 N–H and O–H groups in total. The molecule has 1 aromatic heterocycles. The predicted octanol–water partition coefficient (Wildman–Crippen LogP) is 5.79. The molecule has 4 rings (SSSR count). The van der Waals surface area contributed by atoms with Crippen LogP contribution in [0, 0.1) is 6.92 Å². The fourth-order valence-corrected chi connectivity index (χ4v) is 7.17. The van der Waals surface area contributed by atoms with Crippen LogP contribution in [0.4, 0.5) is 5.13 Å². The lowest BCUT2D eigenvalue weighted by atomic mass is 10.1. The maximum absolute atomic E-state index is 13.1. The van der Waals surface area contributed by atoms with E-state index in [9.17, 15) is 8.42 Å². The zero-order valence-corrected chi connectivity index (χ0v) is 19.7. The molecule has 2 aromatic carbocycles. The summed E-state index contributed by atoms with van der Waals surface area (Å²) in [4.78, 5) is 7.09. The van der Waals surface area contributed by atoms with Crippen LogP contribution in [0.15, 0.2) is 52.7 Å². The summed E-state index contributed by atoms with van der Waals surface area (Å²) >= 11 is 13.8. The van der Waals surface area contributed by atoms with Crippen molar-refractivity contribution in [3.8, 4) is 0 Å². The number of halogens is 2. The molecule has 1 aliphatic rings. The van der Waals surface area contributed by atoms with Gasteiger partial charge in [-0.3, -0.25) is 0 Å². The van der Waals surface area contributed by atoms with Gasteiger partial charge >= 0.3 is 0 Å². The minimum absolute atomic E-state index is 0.113. The number of hydrogen-bond donors (Lipinski definition) is 0. The fourth-order valence-electron chi connectivity index (χ4n) is 3.79. The maximum Gasteiger partial charge on any atom is 0.185 e. The van der Waals surface area contributed by atoms with Crippen molar-refractivity contribution < 1.29 is 8.42 Å². The van der Waals surface area contributed by atoms with Gasteiger partial charge in [-0.2, -0.15) is 0 Å². The van der Waals surface area contributed by atoms with Gasteiger partial charge in [0.25, 0.3) is 0 Å². The van der Waals surface area contributed by atoms with E-state index in [1.165, 1.54) is 17.2 Å². The molecule has 0 aliphatic carbocycles. The molecule has 1 saturated heterocycles. The molecule has 3 aromatic rings. The first-order chi connectivity index (χ1) is 14.3. The number of thiazole rings is 1. The average Bonchev–Trinajstić information content (AvgIpc) is 3.18. The van der Waals surface area contributed by atoms with Gasteiger partial charge in [0, 0.05) is 24.9 Å². The van der Waals surface area contributed by atoms with Gasteiger partial charge in [0.1, 0.15) is 0 Å². The number of anilines is 1. The summed E-state index contributed by atoms with van der Waals surface area (Å²) in [5.41, 5.74) is 3.53. The first-order valence-electron chi connectivity index (χ1n) is 9.77. The highest BCUT2D eigenvalue weighted by Gasteiger charge is 2.33. The molecule has 30 heavy (non-hydrogen) atoms. The monoisotopic (exact) mass is 480 g/mol. The second-order valence-corrected chi connectivity index (χ2v) is 11.4. The van der Waals surface area contributed by atoms with Crippen LogP contribution in [0.2, 0.25) is 10.0 Å². The molecule has 0 unspecified atom stereocenters. The molecule has 0 atom stereocenters. The van der Waals surface area contributed by atoms with Gasteiger partial charge in [0.15, 0.2) is 15.0 Å². The van der Waals surface area contributed by atoms with Gasteiger partial charge < -0.3 is 4.90 Å². The highest BCUT2D eigenvalue weighted by atomic mass is 35.5. The van der Waals surface area contributed by atoms with Gasteiger partial charge in [-0.25, -0.2) is 13.4 Å². The van der Waals surface area contributed by atoms with Gasteiger partial charge in [-0.1, -0.05) is 59.1 Å². The quantitative estimate of drug-likeness (QED) is 0.463. The third kappa shape index (κ3) is 4.52. The summed E-state index contributed by atoms with van der Waals surface area (Å²) in [7, 11) is -3.52. The Balaban J connectivity index is 1.42. The molecule has 4 nitrogen and oxygen atoms in total. The number of aryl methyl sites for hydroxylation is 1. The third-order valence-corrected chi connectivity index (χ3v) is 9.56. The number of rotatable bonds is 5. The zero-order valence-electron chi connectivity index (χ0n) is 16.5. The van der Waals surface area contributed by atoms with Crippen LogP contribution in [0.3, 0.4) is 0 Å². The molecule has 0 bridgehead atoms. The minimum atomic E-state index is -3.52. The van der Waals surface area contributed by atoms with E-state index >= 15 is 0 Å². The van der Waals surface area contributed by atoms with E-state index in [2.05, 4.69) is 41.5 Å². The Labute approximate surface area is 191 Å². The van der Waals surface area contributed by atoms with Crippen molar-refractivity contribution >= 4 is 49.5 Å². The first kappa shape index (κ1) is 21.6. The first-order valence-corrected chi connectivity index (χ1v) is 13.0. The molecule has 0 radical (unpaired) electrons. The number of hydrogen-bond acceptors (Lipinski definition) is 5.